The number of hydrogen-bond donors (Lipinski definition) is 1. The summed E-state index contributed by atoms with van der Waals surface area (Å²) in [5, 5.41) is 2.93. The zero-order chi connectivity index (χ0) is 13.8. The molecule has 2 rings (SSSR count). The highest BCUT2D eigenvalue weighted by molar-refractivity contribution is 9.10. The molecule has 2 aromatic rings. The topological polar surface area (TPSA) is 29.1 Å². The first-order chi connectivity index (χ1) is 9.04. The Labute approximate surface area is 129 Å². The second kappa shape index (κ2) is 6.35. The fourth-order valence-electron chi connectivity index (χ4n) is 1.71. The van der Waals surface area contributed by atoms with Crippen LogP contribution in [0.25, 0.3) is 0 Å². The Morgan fingerprint density at radius 3 is 2.37 bits per heavy atom. The minimum absolute atomic E-state index is 0.0106. The van der Waals surface area contributed by atoms with Gasteiger partial charge in [-0.1, -0.05) is 50.1 Å². The smallest absolute Gasteiger partial charge is 0.228 e. The summed E-state index contributed by atoms with van der Waals surface area (Å²) in [6, 6.07) is 13.6. The van der Waals surface area contributed by atoms with E-state index in [9.17, 15) is 4.79 Å². The summed E-state index contributed by atoms with van der Waals surface area (Å²) < 4.78 is 1.97. The third kappa shape index (κ3) is 4.18. The van der Waals surface area contributed by atoms with Crippen molar-refractivity contribution in [2.24, 2.45) is 0 Å². The van der Waals surface area contributed by atoms with Crippen LogP contribution in [0.2, 0.25) is 0 Å². The number of amides is 1. The lowest BCUT2D eigenvalue weighted by Gasteiger charge is -2.09. The third-order valence-electron chi connectivity index (χ3n) is 2.75. The summed E-state index contributed by atoms with van der Waals surface area (Å²) in [4.78, 5) is 12.0. The van der Waals surface area contributed by atoms with Crippen LogP contribution in [-0.2, 0) is 11.2 Å². The van der Waals surface area contributed by atoms with Crippen LogP contribution in [0.15, 0.2) is 51.4 Å². The van der Waals surface area contributed by atoms with Crippen molar-refractivity contribution in [1.82, 2.24) is 0 Å². The molecule has 0 fully saturated rings. The number of anilines is 1. The summed E-state index contributed by atoms with van der Waals surface area (Å²) in [5.74, 6) is -0.0106. The van der Waals surface area contributed by atoms with Gasteiger partial charge in [-0.05, 0) is 42.3 Å². The van der Waals surface area contributed by atoms with Gasteiger partial charge >= 0.3 is 0 Å². The van der Waals surface area contributed by atoms with Crippen LogP contribution >= 0.6 is 31.9 Å². The van der Waals surface area contributed by atoms with Gasteiger partial charge in [0, 0.05) is 14.6 Å². The minimum atomic E-state index is -0.0106. The molecule has 0 aliphatic carbocycles. The average molecular weight is 383 g/mol. The van der Waals surface area contributed by atoms with Crippen molar-refractivity contribution in [3.8, 4) is 0 Å². The maximum absolute atomic E-state index is 12.0. The Morgan fingerprint density at radius 2 is 1.68 bits per heavy atom. The van der Waals surface area contributed by atoms with E-state index in [0.717, 1.165) is 25.8 Å². The Morgan fingerprint density at radius 1 is 1.05 bits per heavy atom. The highest BCUT2D eigenvalue weighted by atomic mass is 79.9. The number of aryl methyl sites for hydroxylation is 1. The van der Waals surface area contributed by atoms with E-state index >= 15 is 0 Å². The summed E-state index contributed by atoms with van der Waals surface area (Å²) in [7, 11) is 0. The molecule has 0 saturated heterocycles. The van der Waals surface area contributed by atoms with Crippen LogP contribution in [0.3, 0.4) is 0 Å². The first-order valence-electron chi connectivity index (χ1n) is 5.85. The second-order valence-electron chi connectivity index (χ2n) is 4.31. The highest BCUT2D eigenvalue weighted by Gasteiger charge is 2.06. The van der Waals surface area contributed by atoms with E-state index in [0.29, 0.717) is 6.42 Å². The second-order valence-corrected chi connectivity index (χ2v) is 6.14. The predicted molar refractivity (Wildman–Crippen MR) is 85.4 cm³/mol. The van der Waals surface area contributed by atoms with E-state index in [4.69, 9.17) is 0 Å². The number of hydrogen-bond acceptors (Lipinski definition) is 1. The van der Waals surface area contributed by atoms with Gasteiger partial charge in [0.1, 0.15) is 0 Å². The highest BCUT2D eigenvalue weighted by Crippen LogP contribution is 2.21. The van der Waals surface area contributed by atoms with Crippen LogP contribution < -0.4 is 5.32 Å². The van der Waals surface area contributed by atoms with Gasteiger partial charge in [0.2, 0.25) is 5.91 Å². The molecular weight excluding hydrogens is 370 g/mol. The number of halogens is 2. The normalized spacial score (nSPS) is 10.3. The zero-order valence-electron chi connectivity index (χ0n) is 10.4. The van der Waals surface area contributed by atoms with Crippen LogP contribution in [0.4, 0.5) is 5.69 Å². The maximum atomic E-state index is 12.0. The van der Waals surface area contributed by atoms with Crippen molar-refractivity contribution in [3.63, 3.8) is 0 Å². The predicted octanol–water partition coefficient (Wildman–Crippen LogP) is 4.70. The molecule has 98 valence electrons. The van der Waals surface area contributed by atoms with Gasteiger partial charge in [0.15, 0.2) is 0 Å². The molecule has 2 aromatic carbocycles. The van der Waals surface area contributed by atoms with Gasteiger partial charge in [-0.25, -0.2) is 0 Å². The first-order valence-corrected chi connectivity index (χ1v) is 7.43. The van der Waals surface area contributed by atoms with Crippen LogP contribution in [0.5, 0.6) is 0 Å². The molecule has 0 spiro atoms. The largest absolute Gasteiger partial charge is 0.326 e. The van der Waals surface area contributed by atoms with Crippen molar-refractivity contribution in [2.75, 3.05) is 5.32 Å². The zero-order valence-corrected chi connectivity index (χ0v) is 13.6. The Bertz CT molecular complexity index is 594. The standard InChI is InChI=1S/C15H13Br2NO/c1-10-2-5-13(17)9-14(10)18-15(19)8-11-3-6-12(16)7-4-11/h2-7,9H,8H2,1H3,(H,18,19). The van der Waals surface area contributed by atoms with Crippen LogP contribution in [0.1, 0.15) is 11.1 Å². The summed E-state index contributed by atoms with van der Waals surface area (Å²) in [6.07, 6.45) is 0.374. The molecule has 0 bridgehead atoms. The molecule has 0 heterocycles. The van der Waals surface area contributed by atoms with Crippen molar-refractivity contribution in [3.05, 3.63) is 62.5 Å². The number of rotatable bonds is 3. The number of carbonyl (C=O) groups excluding carboxylic acids is 1. The van der Waals surface area contributed by atoms with E-state index in [2.05, 4.69) is 37.2 Å². The molecule has 2 nitrogen and oxygen atoms in total. The molecule has 0 atom stereocenters. The van der Waals surface area contributed by atoms with Crippen molar-refractivity contribution >= 4 is 43.5 Å². The fourth-order valence-corrected chi connectivity index (χ4v) is 2.34. The average Bonchev–Trinajstić information content (AvgIpc) is 2.37. The monoisotopic (exact) mass is 381 g/mol. The molecule has 1 N–H and O–H groups in total. The first kappa shape index (κ1) is 14.3. The molecule has 19 heavy (non-hydrogen) atoms. The molecule has 1 amide bonds. The Kier molecular flexibility index (Phi) is 4.77. The summed E-state index contributed by atoms with van der Waals surface area (Å²) in [5.41, 5.74) is 2.89. The van der Waals surface area contributed by atoms with Gasteiger partial charge in [-0.3, -0.25) is 4.79 Å². The number of carbonyl (C=O) groups is 1. The van der Waals surface area contributed by atoms with Crippen molar-refractivity contribution < 1.29 is 4.79 Å². The van der Waals surface area contributed by atoms with E-state index < -0.39 is 0 Å². The van der Waals surface area contributed by atoms with E-state index in [1.807, 2.05) is 49.4 Å². The minimum Gasteiger partial charge on any atom is -0.326 e. The fraction of sp³-hybridized carbons (Fsp3) is 0.133. The van der Waals surface area contributed by atoms with Crippen molar-refractivity contribution in [1.29, 1.82) is 0 Å². The molecule has 4 heteroatoms. The summed E-state index contributed by atoms with van der Waals surface area (Å²) in [6.45, 7) is 1.97. The van der Waals surface area contributed by atoms with Crippen LogP contribution in [0, 0.1) is 6.92 Å². The molecule has 0 aliphatic rings. The van der Waals surface area contributed by atoms with Gasteiger partial charge in [-0.2, -0.15) is 0 Å². The lowest BCUT2D eigenvalue weighted by atomic mass is 10.1. The summed E-state index contributed by atoms with van der Waals surface area (Å²) >= 11 is 6.78. The quantitative estimate of drug-likeness (QED) is 0.818. The number of benzene rings is 2. The molecule has 0 aromatic heterocycles. The molecule has 0 aliphatic heterocycles. The molecule has 0 saturated carbocycles. The Balaban J connectivity index is 2.05. The maximum Gasteiger partial charge on any atom is 0.228 e. The number of nitrogens with one attached hydrogen (secondary N) is 1. The third-order valence-corrected chi connectivity index (χ3v) is 3.77. The van der Waals surface area contributed by atoms with E-state index in [1.165, 1.54) is 0 Å². The molecule has 0 unspecified atom stereocenters. The van der Waals surface area contributed by atoms with Gasteiger partial charge in [-0.15, -0.1) is 0 Å². The van der Waals surface area contributed by atoms with E-state index in [-0.39, 0.29) is 5.91 Å². The molecular formula is C15H13Br2NO. The Hall–Kier alpha value is -1.13. The van der Waals surface area contributed by atoms with Crippen LogP contribution in [-0.4, -0.2) is 5.91 Å². The molecule has 0 radical (unpaired) electrons. The van der Waals surface area contributed by atoms with Gasteiger partial charge < -0.3 is 5.32 Å². The SMILES string of the molecule is Cc1ccc(Br)cc1NC(=O)Cc1ccc(Br)cc1. The van der Waals surface area contributed by atoms with E-state index in [1.54, 1.807) is 0 Å². The van der Waals surface area contributed by atoms with Gasteiger partial charge in [0.05, 0.1) is 6.42 Å². The lowest BCUT2D eigenvalue weighted by Crippen LogP contribution is -2.15. The lowest BCUT2D eigenvalue weighted by molar-refractivity contribution is -0.115. The van der Waals surface area contributed by atoms with Crippen molar-refractivity contribution in [2.45, 2.75) is 13.3 Å². The van der Waals surface area contributed by atoms with Gasteiger partial charge in [0.25, 0.3) is 0 Å².